The average molecular weight is 405 g/mol. The first kappa shape index (κ1) is 21.7. The number of fused-ring (bicyclic) bond motifs is 1. The molecule has 0 aliphatic heterocycles. The molecule has 1 amide bonds. The van der Waals surface area contributed by atoms with Crippen molar-refractivity contribution in [3.8, 4) is 0 Å². The molecule has 0 unspecified atom stereocenters. The number of rotatable bonds is 6. The molecule has 0 radical (unpaired) electrons. The Hall–Kier alpha value is -1.57. The summed E-state index contributed by atoms with van der Waals surface area (Å²) in [6.07, 6.45) is -2.27. The molecule has 4 nitrogen and oxygen atoms in total. The Balaban J connectivity index is 2.08. The van der Waals surface area contributed by atoms with E-state index in [1.807, 2.05) is 0 Å². The highest BCUT2D eigenvalue weighted by molar-refractivity contribution is 7.91. The standard InChI is InChI=1S/C19H26F3NO3S/c1-18(2,3)12-23(13-19(20,21)22)17(24)9-10-27(25,26)16-8-7-14-5-4-6-15(14)11-16/h7-8,11H,4-6,9-10,12-13H2,1-3H3. The smallest absolute Gasteiger partial charge is 0.333 e. The number of nitrogens with zero attached hydrogens (tertiary/aromatic N) is 1. The molecule has 152 valence electrons. The highest BCUT2D eigenvalue weighted by atomic mass is 32.2. The van der Waals surface area contributed by atoms with Crippen molar-refractivity contribution in [1.29, 1.82) is 0 Å². The van der Waals surface area contributed by atoms with Crippen LogP contribution < -0.4 is 0 Å². The van der Waals surface area contributed by atoms with Crippen molar-refractivity contribution in [2.45, 2.75) is 57.5 Å². The number of hydrogen-bond acceptors (Lipinski definition) is 3. The third-order valence-corrected chi connectivity index (χ3v) is 6.12. The fourth-order valence-corrected chi connectivity index (χ4v) is 4.54. The topological polar surface area (TPSA) is 54.5 Å². The first-order chi connectivity index (χ1) is 12.3. The Bertz CT molecular complexity index is 779. The number of alkyl halides is 3. The van der Waals surface area contributed by atoms with Crippen LogP contribution >= 0.6 is 0 Å². The molecule has 0 aromatic heterocycles. The zero-order valence-corrected chi connectivity index (χ0v) is 16.7. The van der Waals surface area contributed by atoms with Gasteiger partial charge in [0.15, 0.2) is 9.84 Å². The Kier molecular flexibility index (Phi) is 6.29. The third kappa shape index (κ3) is 6.52. The summed E-state index contributed by atoms with van der Waals surface area (Å²) in [5.41, 5.74) is 1.60. The molecule has 0 fully saturated rings. The minimum atomic E-state index is -4.53. The van der Waals surface area contributed by atoms with Crippen LogP contribution in [0.2, 0.25) is 0 Å². The van der Waals surface area contributed by atoms with Crippen LogP contribution in [-0.2, 0) is 27.5 Å². The van der Waals surface area contributed by atoms with Crippen LogP contribution in [0.1, 0.15) is 44.7 Å². The number of aryl methyl sites for hydroxylation is 2. The molecule has 0 atom stereocenters. The third-order valence-electron chi connectivity index (χ3n) is 4.40. The highest BCUT2D eigenvalue weighted by Gasteiger charge is 2.35. The Morgan fingerprint density at radius 1 is 1.07 bits per heavy atom. The van der Waals surface area contributed by atoms with Gasteiger partial charge < -0.3 is 4.90 Å². The predicted octanol–water partition coefficient (Wildman–Crippen LogP) is 3.78. The van der Waals surface area contributed by atoms with E-state index in [9.17, 15) is 26.4 Å². The van der Waals surface area contributed by atoms with Gasteiger partial charge in [-0.25, -0.2) is 8.42 Å². The van der Waals surface area contributed by atoms with Gasteiger partial charge in [-0.15, -0.1) is 0 Å². The van der Waals surface area contributed by atoms with Gasteiger partial charge >= 0.3 is 6.18 Å². The molecular formula is C19H26F3NO3S. The maximum absolute atomic E-state index is 12.8. The number of hydrogen-bond donors (Lipinski definition) is 0. The van der Waals surface area contributed by atoms with E-state index in [1.54, 1.807) is 32.9 Å². The molecule has 27 heavy (non-hydrogen) atoms. The van der Waals surface area contributed by atoms with Crippen LogP contribution in [0.25, 0.3) is 0 Å². The maximum Gasteiger partial charge on any atom is 0.406 e. The number of halogens is 3. The van der Waals surface area contributed by atoms with Crippen LogP contribution in [0.15, 0.2) is 23.1 Å². The normalized spacial score (nSPS) is 14.9. The highest BCUT2D eigenvalue weighted by Crippen LogP contribution is 2.26. The number of amides is 1. The lowest BCUT2D eigenvalue weighted by molar-refractivity contribution is -0.163. The number of carbonyl (C=O) groups is 1. The molecule has 0 saturated heterocycles. The van der Waals surface area contributed by atoms with Crippen molar-refractivity contribution in [3.63, 3.8) is 0 Å². The van der Waals surface area contributed by atoms with Gasteiger partial charge in [-0.3, -0.25) is 4.79 Å². The van der Waals surface area contributed by atoms with Crippen LogP contribution in [0.4, 0.5) is 13.2 Å². The first-order valence-electron chi connectivity index (χ1n) is 8.96. The maximum atomic E-state index is 12.8. The van der Waals surface area contributed by atoms with E-state index in [1.165, 1.54) is 6.07 Å². The van der Waals surface area contributed by atoms with Crippen LogP contribution in [-0.4, -0.2) is 44.2 Å². The van der Waals surface area contributed by atoms with Gasteiger partial charge in [-0.1, -0.05) is 26.8 Å². The van der Waals surface area contributed by atoms with Crippen LogP contribution in [0, 0.1) is 5.41 Å². The van der Waals surface area contributed by atoms with Crippen molar-refractivity contribution < 1.29 is 26.4 Å². The van der Waals surface area contributed by atoms with Crippen molar-refractivity contribution >= 4 is 15.7 Å². The fraction of sp³-hybridized carbons (Fsp3) is 0.632. The molecule has 1 aromatic carbocycles. The second-order valence-electron chi connectivity index (χ2n) is 8.28. The number of benzene rings is 1. The summed E-state index contributed by atoms with van der Waals surface area (Å²) < 4.78 is 63.5. The van der Waals surface area contributed by atoms with Gasteiger partial charge in [-0.05, 0) is 47.9 Å². The largest absolute Gasteiger partial charge is 0.406 e. The van der Waals surface area contributed by atoms with Gasteiger partial charge in [0.2, 0.25) is 5.91 Å². The van der Waals surface area contributed by atoms with E-state index in [2.05, 4.69) is 0 Å². The van der Waals surface area contributed by atoms with E-state index in [4.69, 9.17) is 0 Å². The minimum Gasteiger partial charge on any atom is -0.333 e. The Morgan fingerprint density at radius 3 is 2.30 bits per heavy atom. The number of sulfone groups is 1. The Labute approximate surface area is 158 Å². The van der Waals surface area contributed by atoms with E-state index in [0.29, 0.717) is 4.90 Å². The molecule has 0 N–H and O–H groups in total. The van der Waals surface area contributed by atoms with Crippen molar-refractivity contribution in [2.24, 2.45) is 5.41 Å². The van der Waals surface area contributed by atoms with E-state index >= 15 is 0 Å². The summed E-state index contributed by atoms with van der Waals surface area (Å²) in [4.78, 5) is 13.2. The summed E-state index contributed by atoms with van der Waals surface area (Å²) in [6.45, 7) is 3.72. The number of carbonyl (C=O) groups excluding carboxylic acids is 1. The molecule has 8 heteroatoms. The first-order valence-corrected chi connectivity index (χ1v) is 10.6. The van der Waals surface area contributed by atoms with Gasteiger partial charge in [0, 0.05) is 13.0 Å². The summed E-state index contributed by atoms with van der Waals surface area (Å²) in [7, 11) is -3.73. The van der Waals surface area contributed by atoms with E-state index < -0.39 is 46.1 Å². The van der Waals surface area contributed by atoms with Crippen molar-refractivity contribution in [1.82, 2.24) is 4.90 Å². The zero-order valence-electron chi connectivity index (χ0n) is 15.9. The Morgan fingerprint density at radius 2 is 1.70 bits per heavy atom. The minimum absolute atomic E-state index is 0.0930. The monoisotopic (exact) mass is 405 g/mol. The molecule has 1 aliphatic carbocycles. The van der Waals surface area contributed by atoms with Crippen molar-refractivity contribution in [2.75, 3.05) is 18.8 Å². The van der Waals surface area contributed by atoms with Crippen LogP contribution in [0.5, 0.6) is 0 Å². The van der Waals surface area contributed by atoms with E-state index in [0.717, 1.165) is 30.4 Å². The zero-order chi connectivity index (χ0) is 20.5. The quantitative estimate of drug-likeness (QED) is 0.724. The second-order valence-corrected chi connectivity index (χ2v) is 10.4. The van der Waals surface area contributed by atoms with Gasteiger partial charge in [0.05, 0.1) is 10.6 Å². The average Bonchev–Trinajstić information content (AvgIpc) is 2.96. The van der Waals surface area contributed by atoms with Crippen molar-refractivity contribution in [3.05, 3.63) is 29.3 Å². The molecule has 1 aliphatic rings. The lowest BCUT2D eigenvalue weighted by Crippen LogP contribution is -2.43. The molecule has 1 aromatic rings. The summed E-state index contributed by atoms with van der Waals surface area (Å²) >= 11 is 0. The van der Waals surface area contributed by atoms with Gasteiger partial charge in [0.1, 0.15) is 6.54 Å². The molecule has 0 bridgehead atoms. The fourth-order valence-electron chi connectivity index (χ4n) is 3.26. The molecular weight excluding hydrogens is 379 g/mol. The van der Waals surface area contributed by atoms with Gasteiger partial charge in [0.25, 0.3) is 0 Å². The SMILES string of the molecule is CC(C)(C)CN(CC(F)(F)F)C(=O)CCS(=O)(=O)c1ccc2c(c1)CCC2. The lowest BCUT2D eigenvalue weighted by Gasteiger charge is -2.30. The lowest BCUT2D eigenvalue weighted by atomic mass is 9.96. The molecule has 0 saturated carbocycles. The molecule has 2 rings (SSSR count). The van der Waals surface area contributed by atoms with Crippen LogP contribution in [0.3, 0.4) is 0 Å². The summed E-state index contributed by atoms with van der Waals surface area (Å²) in [5.74, 6) is -1.30. The molecule has 0 heterocycles. The van der Waals surface area contributed by atoms with Gasteiger partial charge in [-0.2, -0.15) is 13.2 Å². The second kappa shape index (κ2) is 7.81. The molecule has 0 spiro atoms. The predicted molar refractivity (Wildman–Crippen MR) is 97.2 cm³/mol. The summed E-state index contributed by atoms with van der Waals surface area (Å²) in [5, 5.41) is 0. The van der Waals surface area contributed by atoms with E-state index in [-0.39, 0.29) is 11.4 Å². The summed E-state index contributed by atoms with van der Waals surface area (Å²) in [6, 6.07) is 4.93.